The van der Waals surface area contributed by atoms with E-state index in [2.05, 4.69) is 10.3 Å². The van der Waals surface area contributed by atoms with Crippen molar-refractivity contribution in [3.05, 3.63) is 125 Å². The Bertz CT molecular complexity index is 2340. The number of thiazole rings is 1. The SMILES string of the molecule is Cc1ccc(S(=O)(=O)n2ccc(-c3ccc(N4CCc5cccc(C(=O)Nc6nc7ccccc7s6)c5C4)nc3C(=O)OC(C)(C)C)c2)cc1. The molecule has 0 saturated heterocycles. The number of pyridine rings is 1. The van der Waals surface area contributed by atoms with Gasteiger partial charge in [0.05, 0.1) is 15.1 Å². The zero-order chi connectivity index (χ0) is 35.2. The summed E-state index contributed by atoms with van der Waals surface area (Å²) in [5.74, 6) is -0.337. The summed E-state index contributed by atoms with van der Waals surface area (Å²) in [5, 5.41) is 3.51. The first-order chi connectivity index (χ1) is 23.9. The largest absolute Gasteiger partial charge is 0.455 e. The number of aromatic nitrogens is 3. The van der Waals surface area contributed by atoms with Crippen molar-refractivity contribution in [1.82, 2.24) is 13.9 Å². The number of para-hydroxylation sites is 1. The molecule has 0 aliphatic carbocycles. The Morgan fingerprint density at radius 1 is 0.920 bits per heavy atom. The molecule has 50 heavy (non-hydrogen) atoms. The molecule has 1 amide bonds. The predicted molar refractivity (Wildman–Crippen MR) is 195 cm³/mol. The van der Waals surface area contributed by atoms with Crippen LogP contribution < -0.4 is 10.2 Å². The molecule has 3 aromatic heterocycles. The third-order valence-electron chi connectivity index (χ3n) is 8.40. The lowest BCUT2D eigenvalue weighted by Gasteiger charge is -2.31. The third kappa shape index (κ3) is 6.64. The van der Waals surface area contributed by atoms with Crippen LogP contribution in [-0.4, -0.2) is 46.4 Å². The van der Waals surface area contributed by atoms with E-state index in [-0.39, 0.29) is 16.5 Å². The van der Waals surface area contributed by atoms with Crippen molar-refractivity contribution < 1.29 is 22.7 Å². The maximum Gasteiger partial charge on any atom is 0.358 e. The molecule has 12 heteroatoms. The van der Waals surface area contributed by atoms with Gasteiger partial charge in [0.1, 0.15) is 11.4 Å². The van der Waals surface area contributed by atoms with Crippen molar-refractivity contribution in [3.63, 3.8) is 0 Å². The summed E-state index contributed by atoms with van der Waals surface area (Å²) in [7, 11) is -3.86. The second-order valence-corrected chi connectivity index (χ2v) is 16.0. The van der Waals surface area contributed by atoms with Gasteiger partial charge in [-0.3, -0.25) is 10.1 Å². The molecule has 4 heterocycles. The van der Waals surface area contributed by atoms with Crippen molar-refractivity contribution in [2.45, 2.75) is 51.2 Å². The van der Waals surface area contributed by atoms with E-state index < -0.39 is 21.6 Å². The molecule has 10 nitrogen and oxygen atoms in total. The van der Waals surface area contributed by atoms with Gasteiger partial charge in [-0.05, 0) is 93.8 Å². The summed E-state index contributed by atoms with van der Waals surface area (Å²) in [5.41, 5.74) is 4.48. The van der Waals surface area contributed by atoms with Gasteiger partial charge < -0.3 is 9.64 Å². The maximum absolute atomic E-state index is 13.6. The van der Waals surface area contributed by atoms with E-state index in [0.29, 0.717) is 47.2 Å². The fourth-order valence-corrected chi connectivity index (χ4v) is 7.99. The van der Waals surface area contributed by atoms with Crippen molar-refractivity contribution in [1.29, 1.82) is 0 Å². The van der Waals surface area contributed by atoms with E-state index in [1.165, 1.54) is 23.7 Å². The summed E-state index contributed by atoms with van der Waals surface area (Å²) in [6.45, 7) is 8.23. The minimum Gasteiger partial charge on any atom is -0.455 e. The number of carbonyl (C=O) groups excluding carboxylic acids is 2. The second kappa shape index (κ2) is 12.8. The Morgan fingerprint density at radius 3 is 2.46 bits per heavy atom. The summed E-state index contributed by atoms with van der Waals surface area (Å²) >= 11 is 1.42. The molecule has 0 bridgehead atoms. The van der Waals surface area contributed by atoms with Gasteiger partial charge in [0.2, 0.25) is 0 Å². The van der Waals surface area contributed by atoms with Gasteiger partial charge in [-0.15, -0.1) is 0 Å². The van der Waals surface area contributed by atoms with Crippen LogP contribution in [-0.2, 0) is 27.7 Å². The molecule has 0 atom stereocenters. The summed E-state index contributed by atoms with van der Waals surface area (Å²) in [6.07, 6.45) is 3.61. The molecule has 3 aromatic carbocycles. The van der Waals surface area contributed by atoms with Crippen molar-refractivity contribution in [2.75, 3.05) is 16.8 Å². The average molecular weight is 706 g/mol. The molecule has 0 saturated carbocycles. The first-order valence-electron chi connectivity index (χ1n) is 16.1. The van der Waals surface area contributed by atoms with Crippen molar-refractivity contribution in [2.24, 2.45) is 0 Å². The molecule has 6 aromatic rings. The van der Waals surface area contributed by atoms with Crippen LogP contribution in [0.4, 0.5) is 10.9 Å². The van der Waals surface area contributed by atoms with Crippen LogP contribution in [0, 0.1) is 6.92 Å². The lowest BCUT2D eigenvalue weighted by molar-refractivity contribution is 0.00638. The van der Waals surface area contributed by atoms with E-state index in [0.717, 1.165) is 30.9 Å². The number of hydrogen-bond donors (Lipinski definition) is 1. The second-order valence-electron chi connectivity index (χ2n) is 13.2. The normalized spacial score (nSPS) is 13.2. The molecular weight excluding hydrogens is 671 g/mol. The van der Waals surface area contributed by atoms with E-state index in [4.69, 9.17) is 9.72 Å². The number of nitrogens with zero attached hydrogens (tertiary/aromatic N) is 4. The number of aryl methyl sites for hydroxylation is 1. The molecule has 0 unspecified atom stereocenters. The number of fused-ring (bicyclic) bond motifs is 2. The molecule has 7 rings (SSSR count). The topological polar surface area (TPSA) is 123 Å². The number of ether oxygens (including phenoxy) is 1. The quantitative estimate of drug-likeness (QED) is 0.170. The molecule has 1 N–H and O–H groups in total. The van der Waals surface area contributed by atoms with E-state index >= 15 is 0 Å². The highest BCUT2D eigenvalue weighted by molar-refractivity contribution is 7.90. The van der Waals surface area contributed by atoms with Gasteiger partial charge in [0.15, 0.2) is 10.8 Å². The summed E-state index contributed by atoms with van der Waals surface area (Å²) in [4.78, 5) is 38.8. The van der Waals surface area contributed by atoms with Crippen LogP contribution >= 0.6 is 11.3 Å². The lowest BCUT2D eigenvalue weighted by Crippen LogP contribution is -2.33. The molecule has 0 spiro atoms. The van der Waals surface area contributed by atoms with Gasteiger partial charge in [0.25, 0.3) is 15.9 Å². The first-order valence-corrected chi connectivity index (χ1v) is 18.4. The van der Waals surface area contributed by atoms with Gasteiger partial charge >= 0.3 is 5.97 Å². The zero-order valence-electron chi connectivity index (χ0n) is 28.0. The maximum atomic E-state index is 13.6. The van der Waals surface area contributed by atoms with Crippen LogP contribution in [0.2, 0.25) is 0 Å². The average Bonchev–Trinajstić information content (AvgIpc) is 3.75. The molecule has 0 fully saturated rings. The van der Waals surface area contributed by atoms with Crippen LogP contribution in [0.1, 0.15) is 58.3 Å². The van der Waals surface area contributed by atoms with E-state index in [9.17, 15) is 18.0 Å². The fraction of sp³-hybridized carbons (Fsp3) is 0.211. The molecular formula is C38H35N5O5S2. The Kier molecular flexibility index (Phi) is 8.53. The monoisotopic (exact) mass is 705 g/mol. The Labute approximate surface area is 294 Å². The van der Waals surface area contributed by atoms with Gasteiger partial charge in [-0.25, -0.2) is 27.2 Å². The Morgan fingerprint density at radius 2 is 1.70 bits per heavy atom. The standard InChI is InChI=1S/C38H35N5O5S2/c1-24-12-14-27(15-13-24)50(46,47)43-21-19-26(22-43)28-16-17-33(40-34(28)36(45)48-38(2,3)4)42-20-18-25-8-7-9-29(30(25)23-42)35(44)41-37-39-31-10-5-6-11-32(31)49-37/h5-17,19,21-22H,18,20,23H2,1-4H3,(H,39,41,44). The molecule has 1 aliphatic heterocycles. The minimum atomic E-state index is -3.86. The number of carbonyl (C=O) groups is 2. The zero-order valence-corrected chi connectivity index (χ0v) is 29.6. The lowest BCUT2D eigenvalue weighted by atomic mass is 9.94. The predicted octanol–water partition coefficient (Wildman–Crippen LogP) is 7.48. The highest BCUT2D eigenvalue weighted by Crippen LogP contribution is 2.32. The van der Waals surface area contributed by atoms with Gasteiger partial charge in [0, 0.05) is 42.2 Å². The van der Waals surface area contributed by atoms with Gasteiger partial charge in [-0.1, -0.05) is 53.3 Å². The Balaban J connectivity index is 1.20. The number of hydrogen-bond acceptors (Lipinski definition) is 9. The third-order valence-corrected chi connectivity index (χ3v) is 11.0. The molecule has 0 radical (unpaired) electrons. The highest BCUT2D eigenvalue weighted by Gasteiger charge is 2.28. The smallest absolute Gasteiger partial charge is 0.358 e. The van der Waals surface area contributed by atoms with Crippen LogP contribution in [0.3, 0.4) is 0 Å². The van der Waals surface area contributed by atoms with Crippen LogP contribution in [0.15, 0.2) is 102 Å². The van der Waals surface area contributed by atoms with Crippen molar-refractivity contribution >= 4 is 54.4 Å². The fourth-order valence-electron chi connectivity index (χ4n) is 5.94. The number of esters is 1. The highest BCUT2D eigenvalue weighted by atomic mass is 32.2. The minimum absolute atomic E-state index is 0.0653. The summed E-state index contributed by atoms with van der Waals surface area (Å²) in [6, 6.07) is 25.3. The molecule has 254 valence electrons. The first kappa shape index (κ1) is 33.2. The molecule has 1 aliphatic rings. The number of benzene rings is 3. The van der Waals surface area contributed by atoms with Gasteiger partial charge in [-0.2, -0.15) is 0 Å². The number of rotatable bonds is 7. The number of anilines is 2. The Hall–Kier alpha value is -5.33. The summed E-state index contributed by atoms with van der Waals surface area (Å²) < 4.78 is 34.7. The van der Waals surface area contributed by atoms with Crippen LogP contribution in [0.25, 0.3) is 21.3 Å². The van der Waals surface area contributed by atoms with E-state index in [1.807, 2.05) is 60.4 Å². The number of nitrogens with one attached hydrogen (secondary N) is 1. The number of amides is 1. The van der Waals surface area contributed by atoms with E-state index in [1.54, 1.807) is 57.2 Å². The van der Waals surface area contributed by atoms with Crippen molar-refractivity contribution in [3.8, 4) is 11.1 Å². The van der Waals surface area contributed by atoms with Crippen LogP contribution in [0.5, 0.6) is 0 Å².